The molecule has 0 radical (unpaired) electrons. The molecular weight excluding hydrogens is 276 g/mol. The van der Waals surface area contributed by atoms with E-state index in [4.69, 9.17) is 11.6 Å². The number of nitrogens with zero attached hydrogens (tertiary/aromatic N) is 1. The summed E-state index contributed by atoms with van der Waals surface area (Å²) in [5, 5.41) is 3.60. The van der Waals surface area contributed by atoms with Gasteiger partial charge in [-0.2, -0.15) is 0 Å². The third kappa shape index (κ3) is 5.42. The number of piperidine rings is 1. The second kappa shape index (κ2) is 7.63. The molecule has 0 amide bonds. The molecule has 0 aliphatic carbocycles. The fourth-order valence-electron chi connectivity index (χ4n) is 2.69. The van der Waals surface area contributed by atoms with Crippen LogP contribution in [0.4, 0.5) is 0 Å². The van der Waals surface area contributed by atoms with Crippen LogP contribution < -0.4 is 5.32 Å². The summed E-state index contributed by atoms with van der Waals surface area (Å²) < 4.78 is 0.905. The Bertz CT molecular complexity index is 378. The van der Waals surface area contributed by atoms with Crippen molar-refractivity contribution < 1.29 is 0 Å². The molecular formula is C15H25ClN2S. The molecule has 0 saturated carbocycles. The van der Waals surface area contributed by atoms with Crippen LogP contribution in [0.5, 0.6) is 0 Å². The van der Waals surface area contributed by atoms with Crippen molar-refractivity contribution in [1.29, 1.82) is 0 Å². The predicted molar refractivity (Wildman–Crippen MR) is 85.0 cm³/mol. The summed E-state index contributed by atoms with van der Waals surface area (Å²) in [4.78, 5) is 3.97. The van der Waals surface area contributed by atoms with E-state index in [1.54, 1.807) is 11.3 Å². The Morgan fingerprint density at radius 2 is 2.32 bits per heavy atom. The SMILES string of the molecule is CC(C)CNCC1CCCN(Cc2ccc(Cl)s2)C1. The Morgan fingerprint density at radius 3 is 3.00 bits per heavy atom. The van der Waals surface area contributed by atoms with Crippen LogP contribution in [0.3, 0.4) is 0 Å². The van der Waals surface area contributed by atoms with Crippen LogP contribution in [0.2, 0.25) is 4.34 Å². The van der Waals surface area contributed by atoms with Crippen LogP contribution >= 0.6 is 22.9 Å². The standard InChI is InChI=1S/C15H25ClN2S/c1-12(2)8-17-9-13-4-3-7-18(10-13)11-14-5-6-15(16)19-14/h5-6,12-13,17H,3-4,7-11H2,1-2H3. The van der Waals surface area contributed by atoms with E-state index in [2.05, 4.69) is 30.1 Å². The van der Waals surface area contributed by atoms with E-state index in [1.165, 1.54) is 37.4 Å². The molecule has 1 saturated heterocycles. The summed E-state index contributed by atoms with van der Waals surface area (Å²) in [6, 6.07) is 4.17. The van der Waals surface area contributed by atoms with Crippen molar-refractivity contribution in [2.45, 2.75) is 33.2 Å². The van der Waals surface area contributed by atoms with E-state index in [0.29, 0.717) is 0 Å². The van der Waals surface area contributed by atoms with Crippen molar-refractivity contribution in [3.63, 3.8) is 0 Å². The van der Waals surface area contributed by atoms with E-state index in [1.807, 2.05) is 6.07 Å². The minimum Gasteiger partial charge on any atom is -0.316 e. The van der Waals surface area contributed by atoms with Gasteiger partial charge < -0.3 is 5.32 Å². The normalized spacial score (nSPS) is 21.2. The monoisotopic (exact) mass is 300 g/mol. The van der Waals surface area contributed by atoms with Gasteiger partial charge in [0, 0.05) is 18.0 Å². The van der Waals surface area contributed by atoms with Crippen LogP contribution in [0, 0.1) is 11.8 Å². The zero-order chi connectivity index (χ0) is 13.7. The van der Waals surface area contributed by atoms with E-state index in [9.17, 15) is 0 Å². The molecule has 1 unspecified atom stereocenters. The average Bonchev–Trinajstić information content (AvgIpc) is 2.75. The van der Waals surface area contributed by atoms with Gasteiger partial charge in [0.1, 0.15) is 0 Å². The molecule has 1 aromatic heterocycles. The summed E-state index contributed by atoms with van der Waals surface area (Å²) in [6.45, 7) is 10.4. The van der Waals surface area contributed by atoms with Gasteiger partial charge in [0.15, 0.2) is 0 Å². The summed E-state index contributed by atoms with van der Waals surface area (Å²) in [7, 11) is 0. The molecule has 2 heterocycles. The first-order valence-corrected chi connectivity index (χ1v) is 8.50. The lowest BCUT2D eigenvalue weighted by Gasteiger charge is -2.32. The van der Waals surface area contributed by atoms with Gasteiger partial charge in [0.2, 0.25) is 0 Å². The van der Waals surface area contributed by atoms with Crippen LogP contribution in [0.15, 0.2) is 12.1 Å². The van der Waals surface area contributed by atoms with Gasteiger partial charge in [-0.25, -0.2) is 0 Å². The molecule has 1 aliphatic heterocycles. The number of thiophene rings is 1. The van der Waals surface area contributed by atoms with Crippen molar-refractivity contribution in [3.05, 3.63) is 21.3 Å². The molecule has 2 rings (SSSR count). The minimum atomic E-state index is 0.743. The van der Waals surface area contributed by atoms with Gasteiger partial charge in [-0.1, -0.05) is 25.4 Å². The molecule has 1 aliphatic rings. The van der Waals surface area contributed by atoms with Gasteiger partial charge in [-0.15, -0.1) is 11.3 Å². The summed E-state index contributed by atoms with van der Waals surface area (Å²) >= 11 is 7.71. The zero-order valence-electron chi connectivity index (χ0n) is 12.0. The molecule has 0 spiro atoms. The van der Waals surface area contributed by atoms with Gasteiger partial charge in [-0.3, -0.25) is 4.90 Å². The number of likely N-dealkylation sites (tertiary alicyclic amines) is 1. The first-order chi connectivity index (χ1) is 9.13. The first-order valence-electron chi connectivity index (χ1n) is 7.30. The number of rotatable bonds is 6. The summed E-state index contributed by atoms with van der Waals surface area (Å²) in [6.07, 6.45) is 2.69. The molecule has 1 N–H and O–H groups in total. The molecule has 108 valence electrons. The maximum atomic E-state index is 5.99. The van der Waals surface area contributed by atoms with Crippen molar-refractivity contribution >= 4 is 22.9 Å². The maximum absolute atomic E-state index is 5.99. The first kappa shape index (κ1) is 15.3. The third-order valence-electron chi connectivity index (χ3n) is 3.60. The van der Waals surface area contributed by atoms with Crippen LogP contribution in [-0.4, -0.2) is 31.1 Å². The summed E-state index contributed by atoms with van der Waals surface area (Å²) in [5.41, 5.74) is 0. The molecule has 0 bridgehead atoms. The zero-order valence-corrected chi connectivity index (χ0v) is 13.6. The molecule has 1 atom stereocenters. The second-order valence-corrected chi connectivity index (χ2v) is 7.80. The largest absolute Gasteiger partial charge is 0.316 e. The Hall–Kier alpha value is -0.0900. The molecule has 1 aromatic rings. The lowest BCUT2D eigenvalue weighted by atomic mass is 9.98. The molecule has 19 heavy (non-hydrogen) atoms. The Balaban J connectivity index is 1.74. The lowest BCUT2D eigenvalue weighted by Crippen LogP contribution is -2.39. The van der Waals surface area contributed by atoms with Gasteiger partial charge in [0.05, 0.1) is 4.34 Å². The highest BCUT2D eigenvalue weighted by molar-refractivity contribution is 7.16. The van der Waals surface area contributed by atoms with Gasteiger partial charge in [-0.05, 0) is 56.4 Å². The lowest BCUT2D eigenvalue weighted by molar-refractivity contribution is 0.166. The Labute approximate surface area is 126 Å². The van der Waals surface area contributed by atoms with Crippen molar-refractivity contribution in [3.8, 4) is 0 Å². The van der Waals surface area contributed by atoms with Crippen molar-refractivity contribution in [1.82, 2.24) is 10.2 Å². The van der Waals surface area contributed by atoms with Crippen LogP contribution in [0.1, 0.15) is 31.6 Å². The van der Waals surface area contributed by atoms with Gasteiger partial charge in [0.25, 0.3) is 0 Å². The third-order valence-corrected chi connectivity index (χ3v) is 4.81. The topological polar surface area (TPSA) is 15.3 Å². The Morgan fingerprint density at radius 1 is 1.47 bits per heavy atom. The smallest absolute Gasteiger partial charge is 0.0931 e. The van der Waals surface area contributed by atoms with E-state index in [0.717, 1.165) is 29.3 Å². The molecule has 0 aromatic carbocycles. The fourth-order valence-corrected chi connectivity index (χ4v) is 3.82. The number of halogens is 1. The van der Waals surface area contributed by atoms with Crippen LogP contribution in [0.25, 0.3) is 0 Å². The second-order valence-electron chi connectivity index (χ2n) is 6.00. The van der Waals surface area contributed by atoms with Crippen molar-refractivity contribution in [2.75, 3.05) is 26.2 Å². The number of hydrogen-bond donors (Lipinski definition) is 1. The molecule has 4 heteroatoms. The highest BCUT2D eigenvalue weighted by atomic mass is 35.5. The molecule has 1 fully saturated rings. The van der Waals surface area contributed by atoms with Gasteiger partial charge >= 0.3 is 0 Å². The van der Waals surface area contributed by atoms with Crippen LogP contribution in [-0.2, 0) is 6.54 Å². The average molecular weight is 301 g/mol. The summed E-state index contributed by atoms with van der Waals surface area (Å²) in [5.74, 6) is 1.55. The highest BCUT2D eigenvalue weighted by Gasteiger charge is 2.20. The quantitative estimate of drug-likeness (QED) is 0.858. The number of hydrogen-bond acceptors (Lipinski definition) is 3. The minimum absolute atomic E-state index is 0.743. The van der Waals surface area contributed by atoms with Crippen molar-refractivity contribution in [2.24, 2.45) is 11.8 Å². The fraction of sp³-hybridized carbons (Fsp3) is 0.733. The van der Waals surface area contributed by atoms with E-state index >= 15 is 0 Å². The predicted octanol–water partition coefficient (Wildman–Crippen LogP) is 3.86. The Kier molecular flexibility index (Phi) is 6.14. The number of nitrogens with one attached hydrogen (secondary N) is 1. The maximum Gasteiger partial charge on any atom is 0.0931 e. The highest BCUT2D eigenvalue weighted by Crippen LogP contribution is 2.25. The van der Waals surface area contributed by atoms with E-state index in [-0.39, 0.29) is 0 Å². The molecule has 2 nitrogen and oxygen atoms in total. The van der Waals surface area contributed by atoms with E-state index < -0.39 is 0 Å².